The molecule has 1 saturated heterocycles. The first-order valence-electron chi connectivity index (χ1n) is 6.66. The molecule has 1 aliphatic heterocycles. The zero-order chi connectivity index (χ0) is 15.6. The summed E-state index contributed by atoms with van der Waals surface area (Å²) in [6, 6.07) is 4.78. The van der Waals surface area contributed by atoms with E-state index in [1.165, 1.54) is 30.0 Å². The first-order valence-corrected chi connectivity index (χ1v) is 6.66. The Morgan fingerprint density at radius 2 is 2.10 bits per heavy atom. The summed E-state index contributed by atoms with van der Waals surface area (Å²) in [6.07, 6.45) is -4.81. The molecule has 0 saturated carbocycles. The van der Waals surface area contributed by atoms with Crippen LogP contribution >= 0.6 is 0 Å². The van der Waals surface area contributed by atoms with Crippen LogP contribution in [0.4, 0.5) is 13.2 Å². The van der Waals surface area contributed by atoms with Crippen LogP contribution in [0.1, 0.15) is 18.9 Å². The van der Waals surface area contributed by atoms with Gasteiger partial charge in [0.15, 0.2) is 6.10 Å². The van der Waals surface area contributed by atoms with Crippen molar-refractivity contribution in [3.05, 3.63) is 29.8 Å². The predicted octanol–water partition coefficient (Wildman–Crippen LogP) is 2.03. The van der Waals surface area contributed by atoms with Crippen LogP contribution < -0.4 is 10.5 Å². The molecule has 0 spiro atoms. The highest BCUT2D eigenvalue weighted by atomic mass is 19.4. The topological polar surface area (TPSA) is 55.6 Å². The quantitative estimate of drug-likeness (QED) is 0.929. The van der Waals surface area contributed by atoms with Crippen LogP contribution in [0, 0.1) is 0 Å². The van der Waals surface area contributed by atoms with Gasteiger partial charge in [0.05, 0.1) is 5.56 Å². The summed E-state index contributed by atoms with van der Waals surface area (Å²) in [5.41, 5.74) is 4.83. The van der Waals surface area contributed by atoms with Crippen molar-refractivity contribution in [2.24, 2.45) is 5.73 Å². The maximum atomic E-state index is 12.9. The van der Waals surface area contributed by atoms with Gasteiger partial charge in [-0.2, -0.15) is 13.2 Å². The molecule has 2 rings (SSSR count). The van der Waals surface area contributed by atoms with E-state index in [0.29, 0.717) is 19.5 Å². The molecule has 1 aromatic carbocycles. The number of hydrogen-bond acceptors (Lipinski definition) is 3. The van der Waals surface area contributed by atoms with Gasteiger partial charge in [0, 0.05) is 19.1 Å². The Hall–Kier alpha value is -1.76. The van der Waals surface area contributed by atoms with E-state index in [9.17, 15) is 18.0 Å². The van der Waals surface area contributed by atoms with Crippen LogP contribution in [0.5, 0.6) is 5.75 Å². The number of nitrogens with two attached hydrogens (primary N) is 1. The van der Waals surface area contributed by atoms with Crippen LogP contribution in [0.2, 0.25) is 0 Å². The molecule has 1 aliphatic rings. The molecule has 1 heterocycles. The largest absolute Gasteiger partial charge is 0.480 e. The predicted molar refractivity (Wildman–Crippen MR) is 70.7 cm³/mol. The zero-order valence-electron chi connectivity index (χ0n) is 11.6. The Morgan fingerprint density at radius 1 is 1.43 bits per heavy atom. The standard InChI is InChI=1S/C14H17F3N2O2/c1-9(13(20)19-7-6-10(18)8-19)21-12-5-3-2-4-11(12)14(15,16)17/h2-5,9-10H,6-8,18H2,1H3/t9?,10-/m1/s1. The molecule has 0 radical (unpaired) electrons. The van der Waals surface area contributed by atoms with Crippen molar-refractivity contribution in [2.75, 3.05) is 13.1 Å². The third kappa shape index (κ3) is 3.66. The van der Waals surface area contributed by atoms with Gasteiger partial charge in [-0.15, -0.1) is 0 Å². The van der Waals surface area contributed by atoms with Gasteiger partial charge in [-0.25, -0.2) is 0 Å². The van der Waals surface area contributed by atoms with Gasteiger partial charge in [0.2, 0.25) is 0 Å². The Morgan fingerprint density at radius 3 is 2.67 bits per heavy atom. The molecule has 1 amide bonds. The average Bonchev–Trinajstić information content (AvgIpc) is 2.84. The first-order chi connectivity index (χ1) is 9.79. The molecule has 1 fully saturated rings. The van der Waals surface area contributed by atoms with E-state index in [-0.39, 0.29) is 17.7 Å². The molecule has 1 aromatic rings. The molecule has 0 aromatic heterocycles. The number of alkyl halides is 3. The number of likely N-dealkylation sites (tertiary alicyclic amines) is 1. The molecule has 1 unspecified atom stereocenters. The van der Waals surface area contributed by atoms with E-state index in [1.807, 2.05) is 0 Å². The maximum absolute atomic E-state index is 12.9. The van der Waals surface area contributed by atoms with Gasteiger partial charge in [-0.3, -0.25) is 4.79 Å². The highest BCUT2D eigenvalue weighted by Crippen LogP contribution is 2.36. The second-order valence-corrected chi connectivity index (χ2v) is 5.09. The van der Waals surface area contributed by atoms with Gasteiger partial charge in [-0.1, -0.05) is 12.1 Å². The van der Waals surface area contributed by atoms with Gasteiger partial charge in [-0.05, 0) is 25.5 Å². The normalized spacial score (nSPS) is 20.4. The molecule has 116 valence electrons. The lowest BCUT2D eigenvalue weighted by atomic mass is 10.2. The fourth-order valence-electron chi connectivity index (χ4n) is 2.29. The van der Waals surface area contributed by atoms with Gasteiger partial charge in [0.25, 0.3) is 5.91 Å². The average molecular weight is 302 g/mol. The van der Waals surface area contributed by atoms with E-state index in [0.717, 1.165) is 6.07 Å². The highest BCUT2D eigenvalue weighted by Gasteiger charge is 2.35. The number of ether oxygens (including phenoxy) is 1. The summed E-state index contributed by atoms with van der Waals surface area (Å²) in [5, 5.41) is 0. The van der Waals surface area contributed by atoms with Crippen molar-refractivity contribution >= 4 is 5.91 Å². The smallest absolute Gasteiger partial charge is 0.419 e. The monoisotopic (exact) mass is 302 g/mol. The van der Waals surface area contributed by atoms with Crippen molar-refractivity contribution in [1.29, 1.82) is 0 Å². The fraction of sp³-hybridized carbons (Fsp3) is 0.500. The number of para-hydroxylation sites is 1. The number of benzene rings is 1. The van der Waals surface area contributed by atoms with E-state index in [1.54, 1.807) is 0 Å². The van der Waals surface area contributed by atoms with Crippen LogP contribution in [0.15, 0.2) is 24.3 Å². The van der Waals surface area contributed by atoms with Crippen LogP contribution in [0.25, 0.3) is 0 Å². The summed E-state index contributed by atoms with van der Waals surface area (Å²) in [5.74, 6) is -0.686. The van der Waals surface area contributed by atoms with Crippen LogP contribution in [0.3, 0.4) is 0 Å². The number of amides is 1. The van der Waals surface area contributed by atoms with E-state index < -0.39 is 17.8 Å². The van der Waals surface area contributed by atoms with E-state index in [4.69, 9.17) is 10.5 Å². The van der Waals surface area contributed by atoms with E-state index in [2.05, 4.69) is 0 Å². The number of carbonyl (C=O) groups excluding carboxylic acids is 1. The third-order valence-electron chi connectivity index (χ3n) is 3.38. The fourth-order valence-corrected chi connectivity index (χ4v) is 2.29. The van der Waals surface area contributed by atoms with Gasteiger partial charge in [0.1, 0.15) is 5.75 Å². The summed E-state index contributed by atoms with van der Waals surface area (Å²) in [7, 11) is 0. The SMILES string of the molecule is CC(Oc1ccccc1C(F)(F)F)C(=O)N1CC[C@@H](N)C1. The lowest BCUT2D eigenvalue weighted by Gasteiger charge is -2.23. The molecule has 4 nitrogen and oxygen atoms in total. The Labute approximate surface area is 120 Å². The minimum atomic E-state index is -4.52. The van der Waals surface area contributed by atoms with Gasteiger partial charge < -0.3 is 15.4 Å². The molecule has 2 atom stereocenters. The third-order valence-corrected chi connectivity index (χ3v) is 3.38. The second-order valence-electron chi connectivity index (χ2n) is 5.09. The number of hydrogen-bond donors (Lipinski definition) is 1. The molecule has 2 N–H and O–H groups in total. The van der Waals surface area contributed by atoms with Crippen molar-refractivity contribution in [3.63, 3.8) is 0 Å². The molecular weight excluding hydrogens is 285 g/mol. The molecular formula is C14H17F3N2O2. The number of nitrogens with zero attached hydrogens (tertiary/aromatic N) is 1. The maximum Gasteiger partial charge on any atom is 0.419 e. The molecule has 21 heavy (non-hydrogen) atoms. The minimum Gasteiger partial charge on any atom is -0.480 e. The van der Waals surface area contributed by atoms with E-state index >= 15 is 0 Å². The number of rotatable bonds is 3. The first kappa shape index (κ1) is 15.6. The van der Waals surface area contributed by atoms with Crippen LogP contribution in [-0.2, 0) is 11.0 Å². The minimum absolute atomic E-state index is 0.0800. The number of halogens is 3. The lowest BCUT2D eigenvalue weighted by Crippen LogP contribution is -2.40. The Balaban J connectivity index is 2.09. The molecule has 7 heteroatoms. The molecule has 0 aliphatic carbocycles. The van der Waals surface area contributed by atoms with Crippen molar-refractivity contribution < 1.29 is 22.7 Å². The van der Waals surface area contributed by atoms with Crippen molar-refractivity contribution in [3.8, 4) is 5.75 Å². The zero-order valence-corrected chi connectivity index (χ0v) is 11.6. The van der Waals surface area contributed by atoms with Gasteiger partial charge >= 0.3 is 6.18 Å². The Bertz CT molecular complexity index is 519. The van der Waals surface area contributed by atoms with Crippen molar-refractivity contribution in [2.45, 2.75) is 31.7 Å². The summed E-state index contributed by atoms with van der Waals surface area (Å²) in [6.45, 7) is 2.36. The summed E-state index contributed by atoms with van der Waals surface area (Å²) < 4.78 is 43.8. The summed E-state index contributed by atoms with van der Waals surface area (Å²) in [4.78, 5) is 13.6. The van der Waals surface area contributed by atoms with Crippen LogP contribution in [-0.4, -0.2) is 36.0 Å². The summed E-state index contributed by atoms with van der Waals surface area (Å²) >= 11 is 0. The Kier molecular flexibility index (Phi) is 4.41. The van der Waals surface area contributed by atoms with Crippen molar-refractivity contribution in [1.82, 2.24) is 4.90 Å². The lowest BCUT2D eigenvalue weighted by molar-refractivity contribution is -0.143. The highest BCUT2D eigenvalue weighted by molar-refractivity contribution is 5.81. The molecule has 0 bridgehead atoms. The second kappa shape index (κ2) is 5.93. The number of carbonyl (C=O) groups is 1.